The average molecular weight is 1030 g/mol. The molecule has 9 rings (SSSR count). The summed E-state index contributed by atoms with van der Waals surface area (Å²) < 4.78 is 8.03. The fourth-order valence-corrected chi connectivity index (χ4v) is 9.91. The van der Waals surface area contributed by atoms with E-state index in [9.17, 15) is 9.90 Å². The van der Waals surface area contributed by atoms with Gasteiger partial charge in [0.25, 0.3) is 0 Å². The molecule has 2 aromatic heterocycles. The van der Waals surface area contributed by atoms with Gasteiger partial charge >= 0.3 is 0 Å². The number of aromatic nitrogens is 2. The van der Waals surface area contributed by atoms with Crippen molar-refractivity contribution in [3.63, 3.8) is 0 Å². The number of allylic oxidation sites excluding steroid dienone is 2. The fraction of sp³-hybridized carbons (Fsp3) is 0.441. The van der Waals surface area contributed by atoms with Crippen molar-refractivity contribution in [1.29, 1.82) is 0 Å². The number of benzene rings is 4. The molecule has 6 aromatic rings. The third-order valence-electron chi connectivity index (χ3n) is 14.3. The van der Waals surface area contributed by atoms with Gasteiger partial charge in [0.2, 0.25) is 0 Å². The molecule has 3 saturated carbocycles. The van der Waals surface area contributed by atoms with E-state index >= 15 is 0 Å². The molecule has 1 radical (unpaired) electrons. The summed E-state index contributed by atoms with van der Waals surface area (Å²) in [6.45, 7) is 22.8. The van der Waals surface area contributed by atoms with Crippen LogP contribution in [-0.2, 0) is 24.9 Å². The Morgan fingerprint density at radius 3 is 1.86 bits per heavy atom. The number of carbonyl (C=O) groups excluding carboxylic acids is 1. The Hall–Kier alpha value is -4.44. The zero-order valence-electron chi connectivity index (χ0n) is 41.4. The van der Waals surface area contributed by atoms with Crippen molar-refractivity contribution < 1.29 is 31.4 Å². The molecule has 1 N–H and O–H groups in total. The van der Waals surface area contributed by atoms with E-state index in [0.717, 1.165) is 82.3 Å². The second-order valence-corrected chi connectivity index (χ2v) is 19.2. The molecule has 1 unspecified atom stereocenters. The summed E-state index contributed by atoms with van der Waals surface area (Å²) in [6.07, 6.45) is 14.3. The Morgan fingerprint density at radius 2 is 1.34 bits per heavy atom. The molecule has 3 aliphatic carbocycles. The smallest absolute Gasteiger partial charge is 0.164 e. The molecule has 0 saturated heterocycles. The molecule has 3 fully saturated rings. The first-order valence-electron chi connectivity index (χ1n) is 24.3. The molecule has 0 spiro atoms. The van der Waals surface area contributed by atoms with Gasteiger partial charge in [-0.05, 0) is 125 Å². The molecule has 2 bridgehead atoms. The van der Waals surface area contributed by atoms with Gasteiger partial charge < -0.3 is 15.1 Å². The van der Waals surface area contributed by atoms with E-state index in [1.165, 1.54) is 71.2 Å². The van der Waals surface area contributed by atoms with Crippen LogP contribution >= 0.6 is 0 Å². The molecule has 4 aromatic carbocycles. The maximum absolute atomic E-state index is 12.0. The quantitative estimate of drug-likeness (QED) is 0.0798. The van der Waals surface area contributed by atoms with Gasteiger partial charge in [0.1, 0.15) is 0 Å². The number of hydrogen-bond acceptors (Lipinski definition) is 4. The molecule has 4 nitrogen and oxygen atoms in total. The Kier molecular flexibility index (Phi) is 17.3. The molecular formula is C59H72IrN2O2-2. The number of nitrogens with zero attached hydrogens (tertiary/aromatic N) is 2. The van der Waals surface area contributed by atoms with Crippen molar-refractivity contribution in [2.75, 3.05) is 0 Å². The van der Waals surface area contributed by atoms with Crippen LogP contribution in [0.2, 0.25) is 0 Å². The number of hydrogen-bond donors (Lipinski definition) is 1. The Bertz CT molecular complexity index is 2560. The fourth-order valence-electron chi connectivity index (χ4n) is 9.91. The first-order valence-corrected chi connectivity index (χ1v) is 23.8. The number of rotatable bonds is 11. The summed E-state index contributed by atoms with van der Waals surface area (Å²) in [5, 5.41) is 14.6. The van der Waals surface area contributed by atoms with Crippen LogP contribution in [0.4, 0.5) is 0 Å². The second kappa shape index (κ2) is 22.6. The SMILES string of the molecule is CCC(CC)/C(O)=C/C(=O)C(C)(CC)CC.Cc1[c-]c(-c2nccc3cc(C4CC5CCC4CC5)ccc23)cc(C)c1.[2H]c1cc2cc(C(C)C)ccc2c(-c2[c-]c(C)cc(C)c2)n1.[Ir]. The Morgan fingerprint density at radius 1 is 0.781 bits per heavy atom. The van der Waals surface area contributed by atoms with Gasteiger partial charge in [-0.3, -0.25) is 4.79 Å². The molecule has 2 heterocycles. The zero-order chi connectivity index (χ0) is 46.3. The maximum atomic E-state index is 12.0. The van der Waals surface area contributed by atoms with E-state index in [1.807, 2.05) is 53.8 Å². The van der Waals surface area contributed by atoms with Crippen molar-refractivity contribution in [3.05, 3.63) is 143 Å². The van der Waals surface area contributed by atoms with Crippen molar-refractivity contribution in [2.24, 2.45) is 23.2 Å². The molecule has 341 valence electrons. The van der Waals surface area contributed by atoms with Gasteiger partial charge in [-0.15, -0.1) is 69.8 Å². The van der Waals surface area contributed by atoms with Crippen LogP contribution in [-0.4, -0.2) is 20.9 Å². The third-order valence-corrected chi connectivity index (χ3v) is 14.3. The average Bonchev–Trinajstić information content (AvgIpc) is 3.28. The molecule has 1 atom stereocenters. The minimum absolute atomic E-state index is 0. The summed E-state index contributed by atoms with van der Waals surface area (Å²) in [5.74, 6) is 3.57. The number of aliphatic hydroxyl groups is 1. The molecule has 64 heavy (non-hydrogen) atoms. The van der Waals surface area contributed by atoms with E-state index < -0.39 is 0 Å². The van der Waals surface area contributed by atoms with Crippen molar-refractivity contribution in [1.82, 2.24) is 9.97 Å². The number of pyridine rings is 2. The predicted molar refractivity (Wildman–Crippen MR) is 266 cm³/mol. The van der Waals surface area contributed by atoms with E-state index in [1.54, 1.807) is 5.56 Å². The Labute approximate surface area is 400 Å². The van der Waals surface area contributed by atoms with E-state index in [4.69, 9.17) is 6.35 Å². The van der Waals surface area contributed by atoms with Gasteiger partial charge in [0.15, 0.2) is 5.78 Å². The van der Waals surface area contributed by atoms with Crippen LogP contribution < -0.4 is 0 Å². The first-order chi connectivity index (χ1) is 30.6. The predicted octanol–water partition coefficient (Wildman–Crippen LogP) is 16.3. The van der Waals surface area contributed by atoms with E-state index in [0.29, 0.717) is 12.1 Å². The monoisotopic (exact) mass is 1030 g/mol. The number of carbonyl (C=O) groups is 1. The van der Waals surface area contributed by atoms with Crippen LogP contribution in [0.1, 0.15) is 153 Å². The Balaban J connectivity index is 0.000000188. The zero-order valence-corrected chi connectivity index (χ0v) is 42.8. The molecule has 3 aliphatic rings. The molecular weight excluding hydrogens is 961 g/mol. The number of ketones is 1. The number of aliphatic hydroxyl groups excluding tert-OH is 1. The van der Waals surface area contributed by atoms with Gasteiger partial charge in [0, 0.05) is 49.9 Å². The van der Waals surface area contributed by atoms with Crippen molar-refractivity contribution in [3.8, 4) is 22.5 Å². The standard InChI is InChI=1S/C25H26N.C20H20N.C14H26O2.Ir/c1-16-11-17(2)13-22(12-16)25-23-8-7-20(15-21(23)9-10-26-25)24-14-18-3-5-19(24)6-4-18;1-13(2)16-5-6-19-17(12-16)7-8-21-20(19)18-10-14(3)9-15(4)11-18;1-6-11(7-2)12(15)10-13(16)14(5,8-3)9-4;/h7-12,15,18-19,24H,3-6,14H2,1-2H3;5-10,12-13H,1-4H3;10-11,15H,6-9H2,1-5H3;/q2*-1;;/b;;12-10-;/i;8D;;. The van der Waals surface area contributed by atoms with Gasteiger partial charge in [-0.1, -0.05) is 125 Å². The number of fused-ring (bicyclic) bond motifs is 5. The van der Waals surface area contributed by atoms with Crippen LogP contribution in [0.25, 0.3) is 44.1 Å². The summed E-state index contributed by atoms with van der Waals surface area (Å²) in [5.41, 5.74) is 11.2. The van der Waals surface area contributed by atoms with Crippen LogP contribution in [0.5, 0.6) is 0 Å². The first kappa shape index (κ1) is 49.0. The van der Waals surface area contributed by atoms with E-state index in [2.05, 4.69) is 118 Å². The second-order valence-electron chi connectivity index (χ2n) is 19.2. The van der Waals surface area contributed by atoms with Crippen molar-refractivity contribution >= 4 is 27.3 Å². The maximum Gasteiger partial charge on any atom is 0.164 e. The third kappa shape index (κ3) is 12.1. The topological polar surface area (TPSA) is 63.1 Å². The van der Waals surface area contributed by atoms with Crippen LogP contribution in [0.3, 0.4) is 0 Å². The largest absolute Gasteiger partial charge is 0.512 e. The molecule has 0 aliphatic heterocycles. The number of aryl methyl sites for hydroxylation is 4. The van der Waals surface area contributed by atoms with Crippen LogP contribution in [0.15, 0.2) is 97.0 Å². The summed E-state index contributed by atoms with van der Waals surface area (Å²) >= 11 is 0. The van der Waals surface area contributed by atoms with Gasteiger partial charge in [-0.25, -0.2) is 0 Å². The molecule has 0 amide bonds. The minimum Gasteiger partial charge on any atom is -0.512 e. The van der Waals surface area contributed by atoms with Crippen LogP contribution in [0, 0.1) is 63.0 Å². The van der Waals surface area contributed by atoms with E-state index in [-0.39, 0.29) is 43.0 Å². The normalized spacial score (nSPS) is 17.4. The molecule has 5 heteroatoms. The van der Waals surface area contributed by atoms with Crippen molar-refractivity contribution in [2.45, 2.75) is 146 Å². The minimum atomic E-state index is -0.319. The van der Waals surface area contributed by atoms with Gasteiger partial charge in [0.05, 0.1) is 7.13 Å². The summed E-state index contributed by atoms with van der Waals surface area (Å²) in [7, 11) is 0. The summed E-state index contributed by atoms with van der Waals surface area (Å²) in [6, 6.07) is 33.0. The summed E-state index contributed by atoms with van der Waals surface area (Å²) in [4.78, 5) is 21.2. The van der Waals surface area contributed by atoms with Gasteiger partial charge in [-0.2, -0.15) is 0 Å².